The first-order valence-electron chi connectivity index (χ1n) is 5.85. The lowest BCUT2D eigenvalue weighted by Gasteiger charge is -2.24. The van der Waals surface area contributed by atoms with Crippen LogP contribution in [0.1, 0.15) is 32.4 Å². The van der Waals surface area contributed by atoms with Crippen LogP contribution in [0.4, 0.5) is 0 Å². The van der Waals surface area contributed by atoms with E-state index in [9.17, 15) is 9.90 Å². The van der Waals surface area contributed by atoms with Gasteiger partial charge in [0, 0.05) is 4.91 Å². The molecule has 1 aromatic carbocycles. The van der Waals surface area contributed by atoms with E-state index in [0.29, 0.717) is 5.56 Å². The van der Waals surface area contributed by atoms with E-state index in [1.807, 2.05) is 0 Å². The lowest BCUT2D eigenvalue weighted by atomic mass is 10.0. The van der Waals surface area contributed by atoms with Crippen LogP contribution < -0.4 is 0 Å². The van der Waals surface area contributed by atoms with Crippen molar-refractivity contribution in [2.75, 3.05) is 0 Å². The molecule has 0 aliphatic rings. The van der Waals surface area contributed by atoms with E-state index in [0.717, 1.165) is 0 Å². The van der Waals surface area contributed by atoms with Crippen molar-refractivity contribution in [2.45, 2.75) is 38.5 Å². The molecule has 0 spiro atoms. The van der Waals surface area contributed by atoms with Gasteiger partial charge in [0.2, 0.25) is 0 Å². The molecule has 0 heterocycles. The minimum absolute atomic E-state index is 0.491. The third-order valence-corrected chi connectivity index (χ3v) is 2.26. The Morgan fingerprint density at radius 3 is 2.42 bits per heavy atom. The number of esters is 1. The quantitative estimate of drug-likeness (QED) is 0.391. The summed E-state index contributed by atoms with van der Waals surface area (Å²) in [4.78, 5) is 14.5. The highest BCUT2D eigenvalue weighted by molar-refractivity contribution is 5.77. The van der Waals surface area contributed by atoms with Crippen molar-refractivity contribution in [3.05, 3.63) is 46.3 Å². The Balaban J connectivity index is 2.95. The topological polar surface area (TPSA) is 95.3 Å². The molecule has 1 rings (SSSR count). The van der Waals surface area contributed by atoms with Gasteiger partial charge in [0.05, 0.1) is 6.10 Å². The zero-order chi connectivity index (χ0) is 14.5. The molecule has 0 aromatic heterocycles. The zero-order valence-electron chi connectivity index (χ0n) is 11.1. The SMILES string of the molecule is CC(C)(C)OC(=O)[C@H](N=[N+]=[N-])[C@@H](O)c1ccccc1. The second-order valence-electron chi connectivity index (χ2n) is 5.04. The highest BCUT2D eigenvalue weighted by atomic mass is 16.6. The Morgan fingerprint density at radius 2 is 1.95 bits per heavy atom. The second kappa shape index (κ2) is 6.22. The Labute approximate surface area is 111 Å². The van der Waals surface area contributed by atoms with E-state index in [2.05, 4.69) is 10.0 Å². The van der Waals surface area contributed by atoms with Crippen molar-refractivity contribution in [3.63, 3.8) is 0 Å². The van der Waals surface area contributed by atoms with Crippen LogP contribution >= 0.6 is 0 Å². The number of ether oxygens (including phenoxy) is 1. The Hall–Kier alpha value is -2.04. The smallest absolute Gasteiger partial charge is 0.318 e. The largest absolute Gasteiger partial charge is 0.460 e. The van der Waals surface area contributed by atoms with Gasteiger partial charge in [-0.25, -0.2) is 0 Å². The molecule has 0 bridgehead atoms. The van der Waals surface area contributed by atoms with E-state index in [-0.39, 0.29) is 0 Å². The van der Waals surface area contributed by atoms with Gasteiger partial charge in [-0.05, 0) is 31.9 Å². The average Bonchev–Trinajstić information content (AvgIpc) is 2.34. The number of benzene rings is 1. The van der Waals surface area contributed by atoms with Crippen molar-refractivity contribution < 1.29 is 14.6 Å². The molecule has 1 N–H and O–H groups in total. The molecule has 0 saturated heterocycles. The van der Waals surface area contributed by atoms with Gasteiger partial charge in [0.1, 0.15) is 5.60 Å². The van der Waals surface area contributed by atoms with Crippen molar-refractivity contribution in [1.82, 2.24) is 0 Å². The number of hydrogen-bond acceptors (Lipinski definition) is 4. The molecule has 6 nitrogen and oxygen atoms in total. The summed E-state index contributed by atoms with van der Waals surface area (Å²) < 4.78 is 5.13. The third-order valence-electron chi connectivity index (χ3n) is 2.26. The number of hydrogen-bond donors (Lipinski definition) is 1. The van der Waals surface area contributed by atoms with E-state index in [1.54, 1.807) is 51.1 Å². The fourth-order valence-corrected chi connectivity index (χ4v) is 1.49. The maximum atomic E-state index is 11.9. The summed E-state index contributed by atoms with van der Waals surface area (Å²) in [7, 11) is 0. The Kier molecular flexibility index (Phi) is 4.92. The molecule has 0 amide bonds. The van der Waals surface area contributed by atoms with Gasteiger partial charge in [-0.15, -0.1) is 0 Å². The lowest BCUT2D eigenvalue weighted by molar-refractivity contribution is -0.159. The number of carbonyl (C=O) groups excluding carboxylic acids is 1. The number of azide groups is 1. The van der Waals surface area contributed by atoms with Crippen LogP contribution in [0, 0.1) is 0 Å². The molecule has 1 aromatic rings. The summed E-state index contributed by atoms with van der Waals surface area (Å²) >= 11 is 0. The molecule has 0 fully saturated rings. The van der Waals surface area contributed by atoms with Crippen LogP contribution in [0.3, 0.4) is 0 Å². The minimum Gasteiger partial charge on any atom is -0.460 e. The third kappa shape index (κ3) is 4.62. The van der Waals surface area contributed by atoms with Crippen LogP contribution in [0.15, 0.2) is 35.4 Å². The molecule has 2 atom stereocenters. The lowest BCUT2D eigenvalue weighted by Crippen LogP contribution is -2.34. The highest BCUT2D eigenvalue weighted by Crippen LogP contribution is 2.22. The van der Waals surface area contributed by atoms with Crippen molar-refractivity contribution >= 4 is 5.97 Å². The molecule has 6 heteroatoms. The first kappa shape index (κ1) is 15.0. The first-order chi connectivity index (χ1) is 8.85. The van der Waals surface area contributed by atoms with E-state index in [4.69, 9.17) is 10.3 Å². The summed E-state index contributed by atoms with van der Waals surface area (Å²) in [5.41, 5.74) is 8.30. The van der Waals surface area contributed by atoms with Gasteiger partial charge in [-0.3, -0.25) is 4.79 Å². The van der Waals surface area contributed by atoms with Gasteiger partial charge in [-0.1, -0.05) is 35.4 Å². The molecule has 102 valence electrons. The molecule has 0 aliphatic carbocycles. The summed E-state index contributed by atoms with van der Waals surface area (Å²) in [6, 6.07) is 7.23. The number of nitrogens with zero attached hydrogens (tertiary/aromatic N) is 3. The normalized spacial score (nSPS) is 14.1. The van der Waals surface area contributed by atoms with Crippen LogP contribution in [-0.2, 0) is 9.53 Å². The standard InChI is InChI=1S/C13H17N3O3/c1-13(2,3)19-12(18)10(15-16-14)11(17)9-7-5-4-6-8-9/h4-8,10-11,17H,1-3H3/t10-,11+/m1/s1. The van der Waals surface area contributed by atoms with E-state index >= 15 is 0 Å². The molecule has 0 radical (unpaired) electrons. The summed E-state index contributed by atoms with van der Waals surface area (Å²) in [6.07, 6.45) is -1.23. The molecular weight excluding hydrogens is 246 g/mol. The van der Waals surface area contributed by atoms with Crippen LogP contribution in [0.5, 0.6) is 0 Å². The summed E-state index contributed by atoms with van der Waals surface area (Å²) in [5, 5.41) is 13.5. The Bertz CT molecular complexity index is 476. The van der Waals surface area contributed by atoms with E-state index in [1.165, 1.54) is 0 Å². The van der Waals surface area contributed by atoms with E-state index < -0.39 is 23.7 Å². The molecule has 19 heavy (non-hydrogen) atoms. The monoisotopic (exact) mass is 263 g/mol. The summed E-state index contributed by atoms with van der Waals surface area (Å²) in [5.74, 6) is -0.748. The fraction of sp³-hybridized carbons (Fsp3) is 0.462. The molecule has 0 aliphatic heterocycles. The predicted octanol–water partition coefficient (Wildman–Crippen LogP) is 2.74. The number of aliphatic hydroxyl groups is 1. The number of carbonyl (C=O) groups is 1. The van der Waals surface area contributed by atoms with Gasteiger partial charge >= 0.3 is 5.97 Å². The molecule has 0 unspecified atom stereocenters. The zero-order valence-corrected chi connectivity index (χ0v) is 11.1. The number of aliphatic hydroxyl groups excluding tert-OH is 1. The van der Waals surface area contributed by atoms with Crippen molar-refractivity contribution in [2.24, 2.45) is 5.11 Å². The number of rotatable bonds is 4. The van der Waals surface area contributed by atoms with Crippen LogP contribution in [0.25, 0.3) is 10.4 Å². The maximum absolute atomic E-state index is 11.9. The predicted molar refractivity (Wildman–Crippen MR) is 70.2 cm³/mol. The van der Waals surface area contributed by atoms with Crippen molar-refractivity contribution in [3.8, 4) is 0 Å². The van der Waals surface area contributed by atoms with Crippen LogP contribution in [-0.4, -0.2) is 22.7 Å². The van der Waals surface area contributed by atoms with Gasteiger partial charge < -0.3 is 9.84 Å². The molecule has 0 saturated carbocycles. The van der Waals surface area contributed by atoms with Gasteiger partial charge in [-0.2, -0.15) is 0 Å². The summed E-state index contributed by atoms with van der Waals surface area (Å²) in [6.45, 7) is 5.10. The highest BCUT2D eigenvalue weighted by Gasteiger charge is 2.31. The second-order valence-corrected chi connectivity index (χ2v) is 5.04. The average molecular weight is 263 g/mol. The Morgan fingerprint density at radius 1 is 1.37 bits per heavy atom. The maximum Gasteiger partial charge on any atom is 0.318 e. The minimum atomic E-state index is -1.30. The van der Waals surface area contributed by atoms with Gasteiger partial charge in [0.15, 0.2) is 6.04 Å². The first-order valence-corrected chi connectivity index (χ1v) is 5.85. The van der Waals surface area contributed by atoms with Crippen molar-refractivity contribution in [1.29, 1.82) is 0 Å². The fourth-order valence-electron chi connectivity index (χ4n) is 1.49. The molecular formula is C13H17N3O3. The van der Waals surface area contributed by atoms with Crippen LogP contribution in [0.2, 0.25) is 0 Å². The van der Waals surface area contributed by atoms with Gasteiger partial charge in [0.25, 0.3) is 0 Å².